The Morgan fingerprint density at radius 2 is 1.14 bits per heavy atom. The van der Waals surface area contributed by atoms with Gasteiger partial charge in [0.1, 0.15) is 0 Å². The molecule has 22 heavy (non-hydrogen) atoms. The van der Waals surface area contributed by atoms with E-state index in [0.717, 1.165) is 45.7 Å². The summed E-state index contributed by atoms with van der Waals surface area (Å²) < 4.78 is 10.3. The molecule has 0 aromatic carbocycles. The standard InChI is InChI=1S/C6H7.3C4H10N.Ti/c1-6-4-2-3-5-6;3*1-3-5-4-2;/h2,4H,3H2,1H3;3*3-4H2,1-2H3;/q;3*-1;+3. The fraction of sp³-hybridized carbons (Fsp3) is 0.778. The molecule has 128 valence electrons. The summed E-state index contributed by atoms with van der Waals surface area (Å²) in [5.74, 6) is 0. The summed E-state index contributed by atoms with van der Waals surface area (Å²) in [6.45, 7) is 23.3. The summed E-state index contributed by atoms with van der Waals surface area (Å²) in [5, 5.41) is 0. The van der Waals surface area contributed by atoms with Crippen LogP contribution >= 0.6 is 0 Å². The van der Waals surface area contributed by atoms with Crippen LogP contribution in [0.1, 0.15) is 54.9 Å². The minimum atomic E-state index is -2.67. The second kappa shape index (κ2) is 9.39. The predicted octanol–water partition coefficient (Wildman–Crippen LogP) is 4.14. The molecule has 0 aromatic rings. The number of hydrogen-bond donors (Lipinski definition) is 0. The molecule has 4 heteroatoms. The van der Waals surface area contributed by atoms with Crippen molar-refractivity contribution in [2.75, 3.05) is 39.3 Å². The zero-order valence-electron chi connectivity index (χ0n) is 15.9. The fourth-order valence-electron chi connectivity index (χ4n) is 4.18. The monoisotopic (exact) mass is 343 g/mol. The Bertz CT molecular complexity index is 360. The molecule has 0 amide bonds. The van der Waals surface area contributed by atoms with E-state index in [4.69, 9.17) is 0 Å². The first-order valence-corrected chi connectivity index (χ1v) is 12.1. The minimum absolute atomic E-state index is 1.15. The van der Waals surface area contributed by atoms with Crippen LogP contribution in [0.25, 0.3) is 0 Å². The van der Waals surface area contributed by atoms with Gasteiger partial charge in [-0.3, -0.25) is 0 Å². The Kier molecular flexibility index (Phi) is 8.59. The maximum atomic E-state index is 2.84. The summed E-state index contributed by atoms with van der Waals surface area (Å²) in [4.78, 5) is 0. The molecule has 1 aliphatic rings. The Labute approximate surface area is 143 Å². The van der Waals surface area contributed by atoms with Gasteiger partial charge in [-0.1, -0.05) is 0 Å². The van der Waals surface area contributed by atoms with E-state index >= 15 is 0 Å². The molecule has 0 N–H and O–H groups in total. The van der Waals surface area contributed by atoms with Gasteiger partial charge in [-0.25, -0.2) is 0 Å². The van der Waals surface area contributed by atoms with Gasteiger partial charge < -0.3 is 0 Å². The Morgan fingerprint density at radius 3 is 1.36 bits per heavy atom. The molecule has 0 aliphatic heterocycles. The van der Waals surface area contributed by atoms with Crippen LogP contribution < -0.4 is 0 Å². The van der Waals surface area contributed by atoms with E-state index in [-0.39, 0.29) is 0 Å². The van der Waals surface area contributed by atoms with Crippen molar-refractivity contribution in [3.63, 3.8) is 0 Å². The summed E-state index contributed by atoms with van der Waals surface area (Å²) >= 11 is -2.67. The zero-order valence-corrected chi connectivity index (χ0v) is 17.5. The van der Waals surface area contributed by atoms with Gasteiger partial charge in [0.15, 0.2) is 0 Å². The van der Waals surface area contributed by atoms with Gasteiger partial charge in [0.2, 0.25) is 0 Å². The average molecular weight is 343 g/mol. The molecule has 1 rings (SSSR count). The number of allylic oxidation sites excluding steroid dienone is 4. The van der Waals surface area contributed by atoms with E-state index in [1.807, 2.05) is 0 Å². The molecule has 0 unspecified atom stereocenters. The van der Waals surface area contributed by atoms with E-state index in [9.17, 15) is 0 Å². The third-order valence-corrected chi connectivity index (χ3v) is 14.5. The van der Waals surface area contributed by atoms with Crippen molar-refractivity contribution in [2.24, 2.45) is 0 Å². The van der Waals surface area contributed by atoms with Crippen LogP contribution in [-0.2, 0) is 17.4 Å². The van der Waals surface area contributed by atoms with Crippen LogP contribution in [0.4, 0.5) is 0 Å². The molecule has 3 nitrogen and oxygen atoms in total. The van der Waals surface area contributed by atoms with E-state index in [2.05, 4.69) is 70.8 Å². The molecule has 0 radical (unpaired) electrons. The quantitative estimate of drug-likeness (QED) is 0.552. The van der Waals surface area contributed by atoms with Crippen molar-refractivity contribution in [3.8, 4) is 0 Å². The zero-order chi connectivity index (χ0) is 16.8. The van der Waals surface area contributed by atoms with E-state index in [1.165, 1.54) is 5.57 Å². The molecule has 0 atom stereocenters. The summed E-state index contributed by atoms with van der Waals surface area (Å²) in [7, 11) is 0. The van der Waals surface area contributed by atoms with Crippen LogP contribution in [0.5, 0.6) is 0 Å². The normalized spacial score (nSPS) is 15.9. The molecule has 0 saturated heterocycles. The van der Waals surface area contributed by atoms with Gasteiger partial charge in [-0.05, 0) is 0 Å². The maximum absolute atomic E-state index is 2.84. The van der Waals surface area contributed by atoms with Crippen LogP contribution in [-0.4, -0.2) is 49.4 Å². The van der Waals surface area contributed by atoms with E-state index in [0.29, 0.717) is 0 Å². The second-order valence-electron chi connectivity index (χ2n) is 5.92. The van der Waals surface area contributed by atoms with Crippen molar-refractivity contribution in [1.82, 2.24) is 10.1 Å². The third-order valence-electron chi connectivity index (χ3n) is 5.18. The molecular weight excluding hydrogens is 306 g/mol. The number of nitrogens with zero attached hydrogens (tertiary/aromatic N) is 3. The van der Waals surface area contributed by atoms with Gasteiger partial charge >= 0.3 is 143 Å². The summed E-state index contributed by atoms with van der Waals surface area (Å²) in [6.07, 6.45) is 5.89. The summed E-state index contributed by atoms with van der Waals surface area (Å²) in [5.41, 5.74) is 1.53. The topological polar surface area (TPSA) is 9.72 Å². The third kappa shape index (κ3) is 3.44. The molecule has 0 fully saturated rings. The number of hydrogen-bond acceptors (Lipinski definition) is 3. The molecule has 0 spiro atoms. The van der Waals surface area contributed by atoms with E-state index < -0.39 is 17.4 Å². The fourth-order valence-corrected chi connectivity index (χ4v) is 13.5. The second-order valence-corrected chi connectivity index (χ2v) is 11.8. The first-order chi connectivity index (χ1) is 10.6. The van der Waals surface area contributed by atoms with Crippen molar-refractivity contribution in [3.05, 3.63) is 21.6 Å². The Morgan fingerprint density at radius 1 is 0.773 bits per heavy atom. The van der Waals surface area contributed by atoms with Gasteiger partial charge in [0.25, 0.3) is 0 Å². The Balaban J connectivity index is 3.58. The van der Waals surface area contributed by atoms with Gasteiger partial charge in [-0.2, -0.15) is 0 Å². The first-order valence-electron chi connectivity index (χ1n) is 9.19. The summed E-state index contributed by atoms with van der Waals surface area (Å²) in [6, 6.07) is 0. The molecule has 0 heterocycles. The average Bonchev–Trinajstić information content (AvgIpc) is 2.96. The molecule has 0 saturated carbocycles. The van der Waals surface area contributed by atoms with E-state index in [1.54, 1.807) is 3.88 Å². The van der Waals surface area contributed by atoms with Crippen molar-refractivity contribution < 1.29 is 17.4 Å². The van der Waals surface area contributed by atoms with Crippen molar-refractivity contribution in [2.45, 2.75) is 54.9 Å². The SMILES string of the molecule is CC[N](CC)[Ti]([C]1=C(C)C=CC1)([N](CC)CC)[N](CC)CC. The molecular formula is C18H37N3Ti. The van der Waals surface area contributed by atoms with Gasteiger partial charge in [-0.15, -0.1) is 0 Å². The van der Waals surface area contributed by atoms with Crippen LogP contribution in [0, 0.1) is 0 Å². The van der Waals surface area contributed by atoms with Crippen LogP contribution in [0.15, 0.2) is 21.6 Å². The van der Waals surface area contributed by atoms with Crippen molar-refractivity contribution in [1.29, 1.82) is 0 Å². The molecule has 0 bridgehead atoms. The Hall–Kier alpha value is 0.0743. The van der Waals surface area contributed by atoms with Crippen LogP contribution in [0.3, 0.4) is 0 Å². The molecule has 0 aromatic heterocycles. The van der Waals surface area contributed by atoms with Crippen molar-refractivity contribution >= 4 is 0 Å². The van der Waals surface area contributed by atoms with Gasteiger partial charge in [0.05, 0.1) is 0 Å². The predicted molar refractivity (Wildman–Crippen MR) is 95.2 cm³/mol. The van der Waals surface area contributed by atoms with Gasteiger partial charge in [0, 0.05) is 0 Å². The number of rotatable bonds is 10. The van der Waals surface area contributed by atoms with Crippen LogP contribution in [0.2, 0.25) is 0 Å². The first kappa shape index (κ1) is 20.1. The molecule has 1 aliphatic carbocycles.